The summed E-state index contributed by atoms with van der Waals surface area (Å²) in [5, 5.41) is 12.1. The molecule has 2 rings (SSSR count). The molecule has 0 saturated heterocycles. The van der Waals surface area contributed by atoms with Gasteiger partial charge < -0.3 is 10.4 Å². The Balaban J connectivity index is 1.92. The van der Waals surface area contributed by atoms with Gasteiger partial charge in [-0.3, -0.25) is 4.79 Å². The molecule has 4 heteroatoms. The maximum Gasteiger partial charge on any atom is 0.234 e. The number of aryl methyl sites for hydroxylation is 2. The van der Waals surface area contributed by atoms with Crippen molar-refractivity contribution in [1.82, 2.24) is 0 Å². The van der Waals surface area contributed by atoms with E-state index < -0.39 is 0 Å². The van der Waals surface area contributed by atoms with Gasteiger partial charge in [0.15, 0.2) is 0 Å². The number of anilines is 1. The highest BCUT2D eigenvalue weighted by molar-refractivity contribution is 8.00. The van der Waals surface area contributed by atoms with Crippen LogP contribution in [0.25, 0.3) is 0 Å². The molecule has 2 aromatic carbocycles. The Morgan fingerprint density at radius 2 is 1.85 bits per heavy atom. The summed E-state index contributed by atoms with van der Waals surface area (Å²) in [6, 6.07) is 12.8. The van der Waals surface area contributed by atoms with E-state index in [1.807, 2.05) is 32.0 Å². The van der Waals surface area contributed by atoms with E-state index in [0.29, 0.717) is 5.75 Å². The summed E-state index contributed by atoms with van der Waals surface area (Å²) < 4.78 is 0. The van der Waals surface area contributed by atoms with Gasteiger partial charge in [0, 0.05) is 10.6 Å². The Morgan fingerprint density at radius 1 is 1.15 bits per heavy atom. The molecule has 0 spiro atoms. The summed E-state index contributed by atoms with van der Waals surface area (Å²) in [6.45, 7) is 3.97. The van der Waals surface area contributed by atoms with Crippen molar-refractivity contribution in [2.24, 2.45) is 0 Å². The first-order chi connectivity index (χ1) is 9.54. The summed E-state index contributed by atoms with van der Waals surface area (Å²) in [5.74, 6) is 0.545. The van der Waals surface area contributed by atoms with Crippen molar-refractivity contribution in [3.8, 4) is 5.75 Å². The van der Waals surface area contributed by atoms with Gasteiger partial charge in [-0.1, -0.05) is 12.1 Å². The van der Waals surface area contributed by atoms with Crippen molar-refractivity contribution in [2.45, 2.75) is 18.7 Å². The van der Waals surface area contributed by atoms with Gasteiger partial charge in [0.2, 0.25) is 5.91 Å². The number of carbonyl (C=O) groups excluding carboxylic acids is 1. The van der Waals surface area contributed by atoms with Crippen LogP contribution in [0.1, 0.15) is 11.1 Å². The van der Waals surface area contributed by atoms with E-state index in [1.54, 1.807) is 24.3 Å². The SMILES string of the molecule is Cc1ccc(C)c(NC(=O)CSc2ccc(O)cc2)c1. The molecule has 0 saturated carbocycles. The first-order valence-electron chi connectivity index (χ1n) is 6.33. The third-order valence-corrected chi connectivity index (χ3v) is 3.89. The molecule has 0 aliphatic carbocycles. The molecule has 0 fully saturated rings. The minimum absolute atomic E-state index is 0.0308. The van der Waals surface area contributed by atoms with Gasteiger partial charge in [-0.05, 0) is 55.3 Å². The Labute approximate surface area is 123 Å². The normalized spacial score (nSPS) is 10.3. The number of amides is 1. The van der Waals surface area contributed by atoms with Crippen LogP contribution < -0.4 is 5.32 Å². The van der Waals surface area contributed by atoms with Gasteiger partial charge in [0.25, 0.3) is 0 Å². The molecule has 20 heavy (non-hydrogen) atoms. The molecular formula is C16H17NO2S. The van der Waals surface area contributed by atoms with E-state index in [4.69, 9.17) is 0 Å². The van der Waals surface area contributed by atoms with Crippen LogP contribution in [0.4, 0.5) is 5.69 Å². The van der Waals surface area contributed by atoms with Crippen molar-refractivity contribution >= 4 is 23.4 Å². The summed E-state index contributed by atoms with van der Waals surface area (Å²) in [4.78, 5) is 12.9. The Morgan fingerprint density at radius 3 is 2.55 bits per heavy atom. The smallest absolute Gasteiger partial charge is 0.234 e. The molecule has 0 atom stereocenters. The molecule has 0 unspecified atom stereocenters. The predicted molar refractivity (Wildman–Crippen MR) is 83.4 cm³/mol. The molecular weight excluding hydrogens is 270 g/mol. The zero-order valence-corrected chi connectivity index (χ0v) is 12.3. The third-order valence-electron chi connectivity index (χ3n) is 2.87. The van der Waals surface area contributed by atoms with Crippen LogP contribution >= 0.6 is 11.8 Å². The minimum atomic E-state index is -0.0308. The molecule has 0 bridgehead atoms. The highest BCUT2D eigenvalue weighted by atomic mass is 32.2. The molecule has 0 aliphatic rings. The van der Waals surface area contributed by atoms with E-state index in [2.05, 4.69) is 5.32 Å². The van der Waals surface area contributed by atoms with Crippen molar-refractivity contribution < 1.29 is 9.90 Å². The van der Waals surface area contributed by atoms with Crippen LogP contribution in [0.15, 0.2) is 47.4 Å². The van der Waals surface area contributed by atoms with Crippen molar-refractivity contribution in [3.63, 3.8) is 0 Å². The average Bonchev–Trinajstić information content (AvgIpc) is 2.42. The molecule has 3 nitrogen and oxygen atoms in total. The second kappa shape index (κ2) is 6.48. The van der Waals surface area contributed by atoms with Crippen LogP contribution in [-0.2, 0) is 4.79 Å². The number of thioether (sulfide) groups is 1. The zero-order valence-electron chi connectivity index (χ0n) is 11.5. The lowest BCUT2D eigenvalue weighted by molar-refractivity contribution is -0.113. The standard InChI is InChI=1S/C16H17NO2S/c1-11-3-4-12(2)15(9-11)17-16(19)10-20-14-7-5-13(18)6-8-14/h3-9,18H,10H2,1-2H3,(H,17,19). The molecule has 104 valence electrons. The van der Waals surface area contributed by atoms with E-state index in [-0.39, 0.29) is 11.7 Å². The predicted octanol–water partition coefficient (Wildman–Crippen LogP) is 3.74. The van der Waals surface area contributed by atoms with Gasteiger partial charge in [0.05, 0.1) is 5.75 Å². The second-order valence-corrected chi connectivity index (χ2v) is 5.70. The number of carbonyl (C=O) groups is 1. The van der Waals surface area contributed by atoms with E-state index in [9.17, 15) is 9.90 Å². The topological polar surface area (TPSA) is 49.3 Å². The zero-order chi connectivity index (χ0) is 14.5. The van der Waals surface area contributed by atoms with Gasteiger partial charge in [-0.15, -0.1) is 11.8 Å². The number of hydrogen-bond donors (Lipinski definition) is 2. The maximum absolute atomic E-state index is 11.9. The summed E-state index contributed by atoms with van der Waals surface area (Å²) in [5.41, 5.74) is 3.04. The molecule has 0 aliphatic heterocycles. The van der Waals surface area contributed by atoms with Gasteiger partial charge in [-0.25, -0.2) is 0 Å². The maximum atomic E-state index is 11.9. The fourth-order valence-electron chi connectivity index (χ4n) is 1.75. The molecule has 0 radical (unpaired) electrons. The highest BCUT2D eigenvalue weighted by Gasteiger charge is 2.06. The quantitative estimate of drug-likeness (QED) is 0.842. The number of nitrogens with one attached hydrogen (secondary N) is 1. The minimum Gasteiger partial charge on any atom is -0.508 e. The number of rotatable bonds is 4. The molecule has 0 heterocycles. The fraction of sp³-hybridized carbons (Fsp3) is 0.188. The average molecular weight is 287 g/mol. The third kappa shape index (κ3) is 4.03. The number of hydrogen-bond acceptors (Lipinski definition) is 3. The largest absolute Gasteiger partial charge is 0.508 e. The lowest BCUT2D eigenvalue weighted by Gasteiger charge is -2.09. The van der Waals surface area contributed by atoms with Crippen molar-refractivity contribution in [1.29, 1.82) is 0 Å². The second-order valence-electron chi connectivity index (χ2n) is 4.65. The van der Waals surface area contributed by atoms with Crippen LogP contribution in [0.2, 0.25) is 0 Å². The van der Waals surface area contributed by atoms with Crippen LogP contribution in [-0.4, -0.2) is 16.8 Å². The Bertz CT molecular complexity index is 608. The molecule has 2 aromatic rings. The summed E-state index contributed by atoms with van der Waals surface area (Å²) in [7, 11) is 0. The number of benzene rings is 2. The molecule has 0 aromatic heterocycles. The Hall–Kier alpha value is -1.94. The fourth-order valence-corrected chi connectivity index (χ4v) is 2.45. The highest BCUT2D eigenvalue weighted by Crippen LogP contribution is 2.21. The summed E-state index contributed by atoms with van der Waals surface area (Å²) >= 11 is 1.44. The first-order valence-corrected chi connectivity index (χ1v) is 7.32. The number of aromatic hydroxyl groups is 1. The first kappa shape index (κ1) is 14.5. The molecule has 1 amide bonds. The van der Waals surface area contributed by atoms with Gasteiger partial charge in [-0.2, -0.15) is 0 Å². The van der Waals surface area contributed by atoms with Crippen molar-refractivity contribution in [2.75, 3.05) is 11.1 Å². The van der Waals surface area contributed by atoms with E-state index in [1.165, 1.54) is 11.8 Å². The van der Waals surface area contributed by atoms with Crippen molar-refractivity contribution in [3.05, 3.63) is 53.6 Å². The molecule has 2 N–H and O–H groups in total. The lowest BCUT2D eigenvalue weighted by atomic mass is 10.1. The number of phenols is 1. The van der Waals surface area contributed by atoms with E-state index >= 15 is 0 Å². The van der Waals surface area contributed by atoms with Gasteiger partial charge >= 0.3 is 0 Å². The van der Waals surface area contributed by atoms with Crippen LogP contribution in [0.3, 0.4) is 0 Å². The lowest BCUT2D eigenvalue weighted by Crippen LogP contribution is -2.14. The van der Waals surface area contributed by atoms with Gasteiger partial charge in [0.1, 0.15) is 5.75 Å². The Kier molecular flexibility index (Phi) is 4.69. The van der Waals surface area contributed by atoms with Crippen LogP contribution in [0.5, 0.6) is 5.75 Å². The summed E-state index contributed by atoms with van der Waals surface area (Å²) in [6.07, 6.45) is 0. The van der Waals surface area contributed by atoms with E-state index in [0.717, 1.165) is 21.7 Å². The number of phenolic OH excluding ortho intramolecular Hbond substituents is 1. The van der Waals surface area contributed by atoms with Crippen LogP contribution in [0, 0.1) is 13.8 Å². The monoisotopic (exact) mass is 287 g/mol.